The van der Waals surface area contributed by atoms with Crippen molar-refractivity contribution in [3.05, 3.63) is 63.6 Å². The van der Waals surface area contributed by atoms with E-state index in [1.54, 1.807) is 42.5 Å². The number of carbonyl (C=O) groups is 1. The second kappa shape index (κ2) is 6.09. The Balaban J connectivity index is 2.03. The molecule has 1 N–H and O–H groups in total. The van der Waals surface area contributed by atoms with Crippen molar-refractivity contribution < 1.29 is 9.90 Å². The van der Waals surface area contributed by atoms with E-state index in [2.05, 4.69) is 0 Å². The number of carbonyl (C=O) groups excluding carboxylic acids is 1. The summed E-state index contributed by atoms with van der Waals surface area (Å²) in [6, 6.07) is 11.7. The van der Waals surface area contributed by atoms with E-state index in [1.165, 1.54) is 0 Å². The van der Waals surface area contributed by atoms with Crippen molar-refractivity contribution in [2.75, 3.05) is 0 Å². The van der Waals surface area contributed by atoms with Crippen LogP contribution in [0.3, 0.4) is 0 Å². The number of halogens is 2. The summed E-state index contributed by atoms with van der Waals surface area (Å²) in [5, 5.41) is 10.2. The molecule has 0 heterocycles. The summed E-state index contributed by atoms with van der Waals surface area (Å²) >= 11 is 11.8. The predicted molar refractivity (Wildman–Crippen MR) is 77.0 cm³/mol. The van der Waals surface area contributed by atoms with Gasteiger partial charge in [-0.05, 0) is 35.4 Å². The molecule has 2 aromatic carbocycles. The van der Waals surface area contributed by atoms with Crippen LogP contribution < -0.4 is 0 Å². The molecule has 0 radical (unpaired) electrons. The van der Waals surface area contributed by atoms with E-state index >= 15 is 0 Å². The lowest BCUT2D eigenvalue weighted by Gasteiger charge is -2.05. The van der Waals surface area contributed by atoms with Crippen molar-refractivity contribution in [3.63, 3.8) is 0 Å². The molecular formula is C15H12Cl2O2. The molecule has 4 heteroatoms. The minimum atomic E-state index is 0.0647. The molecule has 0 atom stereocenters. The van der Waals surface area contributed by atoms with Gasteiger partial charge in [-0.3, -0.25) is 4.79 Å². The summed E-state index contributed by atoms with van der Waals surface area (Å²) in [4.78, 5) is 11.9. The number of rotatable bonds is 4. The summed E-state index contributed by atoms with van der Waals surface area (Å²) in [5.74, 6) is 0.256. The number of phenolic OH excluding ortho intramolecular Hbond substituents is 1. The third-order valence-electron chi connectivity index (χ3n) is 2.74. The van der Waals surface area contributed by atoms with Crippen LogP contribution in [0, 0.1) is 0 Å². The van der Waals surface area contributed by atoms with Gasteiger partial charge in [0.25, 0.3) is 0 Å². The van der Waals surface area contributed by atoms with Gasteiger partial charge < -0.3 is 5.11 Å². The Bertz CT molecular complexity index is 592. The fourth-order valence-electron chi connectivity index (χ4n) is 1.78. The third kappa shape index (κ3) is 3.98. The lowest BCUT2D eigenvalue weighted by molar-refractivity contribution is -0.117. The van der Waals surface area contributed by atoms with Gasteiger partial charge in [0.2, 0.25) is 0 Å². The standard InChI is InChI=1S/C15H12Cl2O2/c16-12-4-3-11(15(17)9-12)8-14(19)7-10-1-5-13(18)6-2-10/h1-6,9,18H,7-8H2. The molecule has 0 spiro atoms. The second-order valence-electron chi connectivity index (χ2n) is 4.29. The van der Waals surface area contributed by atoms with Gasteiger partial charge in [-0.25, -0.2) is 0 Å². The average Bonchev–Trinajstić information content (AvgIpc) is 2.36. The molecule has 0 fully saturated rings. The zero-order valence-corrected chi connectivity index (χ0v) is 11.6. The van der Waals surface area contributed by atoms with Crippen LogP contribution in [0.4, 0.5) is 0 Å². The highest BCUT2D eigenvalue weighted by atomic mass is 35.5. The molecule has 0 amide bonds. The Hall–Kier alpha value is -1.51. The fraction of sp³-hybridized carbons (Fsp3) is 0.133. The quantitative estimate of drug-likeness (QED) is 0.923. The first-order chi connectivity index (χ1) is 9.04. The summed E-state index contributed by atoms with van der Waals surface area (Å²) in [7, 11) is 0. The SMILES string of the molecule is O=C(Cc1ccc(O)cc1)Cc1ccc(Cl)cc1Cl. The van der Waals surface area contributed by atoms with Crippen LogP contribution in [0.5, 0.6) is 5.75 Å². The van der Waals surface area contributed by atoms with Crippen molar-refractivity contribution in [2.24, 2.45) is 0 Å². The number of benzene rings is 2. The van der Waals surface area contributed by atoms with Crippen molar-refractivity contribution in [2.45, 2.75) is 12.8 Å². The maximum atomic E-state index is 11.9. The van der Waals surface area contributed by atoms with Crippen molar-refractivity contribution >= 4 is 29.0 Å². The van der Waals surface area contributed by atoms with Gasteiger partial charge in [0.15, 0.2) is 0 Å². The molecule has 0 aromatic heterocycles. The highest BCUT2D eigenvalue weighted by Gasteiger charge is 2.08. The Labute approximate surface area is 121 Å². The molecule has 2 aromatic rings. The molecule has 0 aliphatic carbocycles. The molecule has 2 nitrogen and oxygen atoms in total. The molecular weight excluding hydrogens is 283 g/mol. The molecule has 2 rings (SSSR count). The van der Waals surface area contributed by atoms with E-state index in [1.807, 2.05) is 0 Å². The maximum absolute atomic E-state index is 11.9. The third-order valence-corrected chi connectivity index (χ3v) is 3.33. The van der Waals surface area contributed by atoms with Crippen LogP contribution in [0.25, 0.3) is 0 Å². The first-order valence-electron chi connectivity index (χ1n) is 5.78. The molecule has 0 saturated heterocycles. The van der Waals surface area contributed by atoms with Gasteiger partial charge in [-0.1, -0.05) is 41.4 Å². The summed E-state index contributed by atoms with van der Waals surface area (Å²) < 4.78 is 0. The number of ketones is 1. The van der Waals surface area contributed by atoms with Crippen LogP contribution in [-0.2, 0) is 17.6 Å². The molecule has 98 valence electrons. The van der Waals surface area contributed by atoms with Crippen LogP contribution in [0.15, 0.2) is 42.5 Å². The van der Waals surface area contributed by atoms with Gasteiger partial charge in [-0.2, -0.15) is 0 Å². The maximum Gasteiger partial charge on any atom is 0.141 e. The minimum Gasteiger partial charge on any atom is -0.508 e. The monoisotopic (exact) mass is 294 g/mol. The number of phenols is 1. The molecule has 0 aliphatic heterocycles. The molecule has 0 saturated carbocycles. The fourth-order valence-corrected chi connectivity index (χ4v) is 2.26. The van der Waals surface area contributed by atoms with Gasteiger partial charge in [-0.15, -0.1) is 0 Å². The lowest BCUT2D eigenvalue weighted by atomic mass is 10.0. The highest BCUT2D eigenvalue weighted by Crippen LogP contribution is 2.22. The van der Waals surface area contributed by atoms with E-state index in [-0.39, 0.29) is 18.0 Å². The smallest absolute Gasteiger partial charge is 0.141 e. The Morgan fingerprint density at radius 1 is 1.00 bits per heavy atom. The second-order valence-corrected chi connectivity index (χ2v) is 5.14. The first kappa shape index (κ1) is 13.9. The highest BCUT2D eigenvalue weighted by molar-refractivity contribution is 6.35. The van der Waals surface area contributed by atoms with Crippen molar-refractivity contribution in [1.82, 2.24) is 0 Å². The normalized spacial score (nSPS) is 10.4. The number of hydrogen-bond acceptors (Lipinski definition) is 2. The summed E-state index contributed by atoms with van der Waals surface area (Å²) in [5.41, 5.74) is 1.64. The molecule has 0 bridgehead atoms. The van der Waals surface area contributed by atoms with E-state index in [0.717, 1.165) is 11.1 Å². The van der Waals surface area contributed by atoms with Gasteiger partial charge >= 0.3 is 0 Å². The Kier molecular flexibility index (Phi) is 4.46. The number of aromatic hydroxyl groups is 1. The van der Waals surface area contributed by atoms with Gasteiger partial charge in [0.1, 0.15) is 11.5 Å². The molecule has 0 aliphatic rings. The molecule has 19 heavy (non-hydrogen) atoms. The first-order valence-corrected chi connectivity index (χ1v) is 6.54. The zero-order chi connectivity index (χ0) is 13.8. The zero-order valence-electron chi connectivity index (χ0n) is 10.1. The van der Waals surface area contributed by atoms with E-state index in [4.69, 9.17) is 23.2 Å². The largest absolute Gasteiger partial charge is 0.508 e. The topological polar surface area (TPSA) is 37.3 Å². The van der Waals surface area contributed by atoms with E-state index in [9.17, 15) is 9.90 Å². The van der Waals surface area contributed by atoms with Crippen LogP contribution in [0.1, 0.15) is 11.1 Å². The van der Waals surface area contributed by atoms with Gasteiger partial charge in [0.05, 0.1) is 0 Å². The molecule has 0 unspecified atom stereocenters. The van der Waals surface area contributed by atoms with Crippen LogP contribution >= 0.6 is 23.2 Å². The van der Waals surface area contributed by atoms with Crippen LogP contribution in [-0.4, -0.2) is 10.9 Å². The van der Waals surface area contributed by atoms with E-state index in [0.29, 0.717) is 16.5 Å². The van der Waals surface area contributed by atoms with Crippen molar-refractivity contribution in [1.29, 1.82) is 0 Å². The van der Waals surface area contributed by atoms with Gasteiger partial charge in [0, 0.05) is 22.9 Å². The van der Waals surface area contributed by atoms with Crippen molar-refractivity contribution in [3.8, 4) is 5.75 Å². The predicted octanol–water partition coefficient (Wildman–Crippen LogP) is 4.05. The van der Waals surface area contributed by atoms with E-state index < -0.39 is 0 Å². The summed E-state index contributed by atoms with van der Waals surface area (Å²) in [6.45, 7) is 0. The minimum absolute atomic E-state index is 0.0647. The average molecular weight is 295 g/mol. The summed E-state index contributed by atoms with van der Waals surface area (Å²) in [6.07, 6.45) is 0.593. The lowest BCUT2D eigenvalue weighted by Crippen LogP contribution is -2.06. The van der Waals surface area contributed by atoms with Crippen LogP contribution in [0.2, 0.25) is 10.0 Å². The Morgan fingerprint density at radius 3 is 2.32 bits per heavy atom. The Morgan fingerprint density at radius 2 is 1.68 bits per heavy atom. The number of hydrogen-bond donors (Lipinski definition) is 1. The number of Topliss-reactive ketones (excluding diaryl/α,β-unsaturated/α-hetero) is 1.